The normalized spacial score (nSPS) is 13.5. The van der Waals surface area contributed by atoms with Gasteiger partial charge in [0.1, 0.15) is 5.70 Å². The van der Waals surface area contributed by atoms with Gasteiger partial charge in [0.25, 0.3) is 11.8 Å². The molecule has 0 bridgehead atoms. The Labute approximate surface area is 192 Å². The van der Waals surface area contributed by atoms with Gasteiger partial charge >= 0.3 is 0 Å². The largest absolute Gasteiger partial charge is 0.350 e. The van der Waals surface area contributed by atoms with Gasteiger partial charge in [-0.05, 0) is 67.8 Å². The topological polar surface area (TPSA) is 78.5 Å². The van der Waals surface area contributed by atoms with E-state index >= 15 is 0 Å². The second-order valence-corrected chi connectivity index (χ2v) is 8.16. The molecule has 2 N–H and O–H groups in total. The van der Waals surface area contributed by atoms with Gasteiger partial charge in [-0.2, -0.15) is 0 Å². The molecule has 0 radical (unpaired) electrons. The third-order valence-electron chi connectivity index (χ3n) is 5.73. The van der Waals surface area contributed by atoms with Crippen molar-refractivity contribution in [3.8, 4) is 0 Å². The Balaban J connectivity index is 1.78. The molecule has 0 spiro atoms. The Bertz CT molecular complexity index is 1290. The number of carbonyl (C=O) groups excluding carboxylic acids is 3. The van der Waals surface area contributed by atoms with E-state index in [0.29, 0.717) is 22.5 Å². The molecule has 0 aromatic heterocycles. The van der Waals surface area contributed by atoms with E-state index in [4.69, 9.17) is 0 Å². The summed E-state index contributed by atoms with van der Waals surface area (Å²) < 4.78 is 0. The number of hydrogen-bond acceptors (Lipinski definition) is 4. The highest BCUT2D eigenvalue weighted by molar-refractivity contribution is 6.46. The van der Waals surface area contributed by atoms with Gasteiger partial charge in [-0.25, -0.2) is 4.90 Å². The molecule has 6 heteroatoms. The van der Waals surface area contributed by atoms with E-state index in [1.54, 1.807) is 24.3 Å². The Morgan fingerprint density at radius 2 is 1.48 bits per heavy atom. The Kier molecular flexibility index (Phi) is 5.84. The summed E-state index contributed by atoms with van der Waals surface area (Å²) in [7, 11) is 0. The number of hydrogen-bond donors (Lipinski definition) is 2. The van der Waals surface area contributed by atoms with Gasteiger partial charge in [-0.3, -0.25) is 14.4 Å². The SMILES string of the molecule is CC(=O)Nc1ccc(N2C(=O)C(Nc3cccc(C)c3C)=C(c3ccc(C)cc3)C2=O)cc1. The third-order valence-corrected chi connectivity index (χ3v) is 5.73. The smallest absolute Gasteiger partial charge is 0.282 e. The number of benzene rings is 3. The van der Waals surface area contributed by atoms with Crippen LogP contribution in [0.5, 0.6) is 0 Å². The number of aryl methyl sites for hydroxylation is 2. The molecule has 33 heavy (non-hydrogen) atoms. The van der Waals surface area contributed by atoms with E-state index < -0.39 is 11.8 Å². The minimum absolute atomic E-state index is 0.195. The minimum atomic E-state index is -0.427. The van der Waals surface area contributed by atoms with Crippen LogP contribution in [0.4, 0.5) is 17.1 Å². The third kappa shape index (κ3) is 4.28. The van der Waals surface area contributed by atoms with Crippen molar-refractivity contribution in [1.82, 2.24) is 0 Å². The Morgan fingerprint density at radius 3 is 2.12 bits per heavy atom. The fourth-order valence-electron chi connectivity index (χ4n) is 3.79. The summed E-state index contributed by atoms with van der Waals surface area (Å²) >= 11 is 0. The molecule has 0 unspecified atom stereocenters. The lowest BCUT2D eigenvalue weighted by Gasteiger charge is -2.16. The van der Waals surface area contributed by atoms with E-state index in [-0.39, 0.29) is 11.6 Å². The van der Waals surface area contributed by atoms with Crippen LogP contribution < -0.4 is 15.5 Å². The van der Waals surface area contributed by atoms with Gasteiger partial charge in [0.15, 0.2) is 0 Å². The molecule has 166 valence electrons. The molecule has 1 aliphatic heterocycles. The van der Waals surface area contributed by atoms with Crippen LogP contribution in [0.25, 0.3) is 5.57 Å². The van der Waals surface area contributed by atoms with E-state index in [1.165, 1.54) is 11.8 Å². The molecule has 3 aromatic rings. The summed E-state index contributed by atoms with van der Waals surface area (Å²) in [5, 5.41) is 5.93. The van der Waals surface area contributed by atoms with Crippen LogP contribution in [-0.4, -0.2) is 17.7 Å². The van der Waals surface area contributed by atoms with Crippen molar-refractivity contribution in [2.75, 3.05) is 15.5 Å². The zero-order valence-corrected chi connectivity index (χ0v) is 19.0. The monoisotopic (exact) mass is 439 g/mol. The fourth-order valence-corrected chi connectivity index (χ4v) is 3.79. The molecule has 0 aliphatic carbocycles. The highest BCUT2D eigenvalue weighted by Crippen LogP contribution is 2.35. The molecule has 0 saturated heterocycles. The van der Waals surface area contributed by atoms with Crippen molar-refractivity contribution in [3.05, 3.63) is 94.7 Å². The van der Waals surface area contributed by atoms with Crippen molar-refractivity contribution in [3.63, 3.8) is 0 Å². The summed E-state index contributed by atoms with van der Waals surface area (Å²) in [5.74, 6) is -1.02. The van der Waals surface area contributed by atoms with Crippen molar-refractivity contribution in [1.29, 1.82) is 0 Å². The maximum absolute atomic E-state index is 13.6. The van der Waals surface area contributed by atoms with Crippen molar-refractivity contribution < 1.29 is 14.4 Å². The van der Waals surface area contributed by atoms with Crippen LogP contribution in [-0.2, 0) is 14.4 Å². The first kappa shape index (κ1) is 22.0. The zero-order valence-electron chi connectivity index (χ0n) is 19.0. The van der Waals surface area contributed by atoms with Crippen molar-refractivity contribution >= 4 is 40.4 Å². The van der Waals surface area contributed by atoms with Gasteiger partial charge in [-0.1, -0.05) is 42.0 Å². The predicted octanol–water partition coefficient (Wildman–Crippen LogP) is 4.97. The Morgan fingerprint density at radius 1 is 0.818 bits per heavy atom. The van der Waals surface area contributed by atoms with Gasteiger partial charge in [0, 0.05) is 18.3 Å². The van der Waals surface area contributed by atoms with Crippen LogP contribution in [0.2, 0.25) is 0 Å². The maximum atomic E-state index is 13.6. The molecule has 0 fully saturated rings. The summed E-state index contributed by atoms with van der Waals surface area (Å²) in [5.41, 5.74) is 6.18. The van der Waals surface area contributed by atoms with E-state index in [2.05, 4.69) is 10.6 Å². The average molecular weight is 440 g/mol. The zero-order chi connectivity index (χ0) is 23.7. The molecule has 3 amide bonds. The maximum Gasteiger partial charge on any atom is 0.282 e. The van der Waals surface area contributed by atoms with Crippen LogP contribution in [0.15, 0.2) is 72.4 Å². The molecule has 1 aliphatic rings. The summed E-state index contributed by atoms with van der Waals surface area (Å²) in [6.07, 6.45) is 0. The van der Waals surface area contributed by atoms with Crippen LogP contribution in [0, 0.1) is 20.8 Å². The van der Waals surface area contributed by atoms with Gasteiger partial charge in [-0.15, -0.1) is 0 Å². The van der Waals surface area contributed by atoms with Crippen LogP contribution >= 0.6 is 0 Å². The van der Waals surface area contributed by atoms with E-state index in [1.807, 2.05) is 63.2 Å². The highest BCUT2D eigenvalue weighted by atomic mass is 16.2. The van der Waals surface area contributed by atoms with Gasteiger partial charge in [0.2, 0.25) is 5.91 Å². The molecule has 0 atom stereocenters. The number of rotatable bonds is 5. The molecular formula is C27H25N3O3. The lowest BCUT2D eigenvalue weighted by molar-refractivity contribution is -0.120. The standard InChI is InChI=1S/C27H25N3O3/c1-16-8-10-20(11-9-16)24-25(29-23-7-5-6-17(2)18(23)3)27(33)30(26(24)32)22-14-12-21(13-15-22)28-19(4)31/h5-15,29H,1-4H3,(H,28,31). The number of carbonyl (C=O) groups is 3. The molecule has 0 saturated carbocycles. The quantitative estimate of drug-likeness (QED) is 0.551. The van der Waals surface area contributed by atoms with Crippen molar-refractivity contribution in [2.24, 2.45) is 0 Å². The first-order valence-electron chi connectivity index (χ1n) is 10.7. The van der Waals surface area contributed by atoms with Crippen molar-refractivity contribution in [2.45, 2.75) is 27.7 Å². The number of amides is 3. The number of anilines is 3. The highest BCUT2D eigenvalue weighted by Gasteiger charge is 2.40. The van der Waals surface area contributed by atoms with Crippen LogP contribution in [0.1, 0.15) is 29.2 Å². The number of imide groups is 1. The second kappa shape index (κ2) is 8.74. The van der Waals surface area contributed by atoms with E-state index in [0.717, 1.165) is 22.4 Å². The van der Waals surface area contributed by atoms with Gasteiger partial charge < -0.3 is 10.6 Å². The molecule has 6 nitrogen and oxygen atoms in total. The fraction of sp³-hybridized carbons (Fsp3) is 0.148. The Hall–Kier alpha value is -4.19. The molecule has 1 heterocycles. The van der Waals surface area contributed by atoms with Gasteiger partial charge in [0.05, 0.1) is 11.3 Å². The lowest BCUT2D eigenvalue weighted by atomic mass is 10.0. The summed E-state index contributed by atoms with van der Waals surface area (Å²) in [6.45, 7) is 7.37. The average Bonchev–Trinajstić information content (AvgIpc) is 3.02. The number of nitrogens with one attached hydrogen (secondary N) is 2. The van der Waals surface area contributed by atoms with E-state index in [9.17, 15) is 14.4 Å². The summed E-state index contributed by atoms with van der Waals surface area (Å²) in [4.78, 5) is 39.6. The van der Waals surface area contributed by atoms with Crippen LogP contribution in [0.3, 0.4) is 0 Å². The minimum Gasteiger partial charge on any atom is -0.350 e. The predicted molar refractivity (Wildman–Crippen MR) is 131 cm³/mol. The molecule has 4 rings (SSSR count). The number of nitrogens with zero attached hydrogens (tertiary/aromatic N) is 1. The molecular weight excluding hydrogens is 414 g/mol. The first-order chi connectivity index (χ1) is 15.8. The first-order valence-corrected chi connectivity index (χ1v) is 10.7. The lowest BCUT2D eigenvalue weighted by Crippen LogP contribution is -2.32. The second-order valence-electron chi connectivity index (χ2n) is 8.16. The summed E-state index contributed by atoms with van der Waals surface area (Å²) in [6, 6.07) is 20.0. The molecule has 3 aromatic carbocycles.